The van der Waals surface area contributed by atoms with E-state index in [0.717, 1.165) is 11.1 Å². The van der Waals surface area contributed by atoms with Crippen LogP contribution in [-0.4, -0.2) is 21.4 Å². The summed E-state index contributed by atoms with van der Waals surface area (Å²) in [5.74, 6) is 0.893. The lowest BCUT2D eigenvalue weighted by atomic mass is 10.2. The molecule has 3 aromatic rings. The van der Waals surface area contributed by atoms with Gasteiger partial charge in [0.2, 0.25) is 5.91 Å². The number of carbonyl (C=O) groups is 1. The lowest BCUT2D eigenvalue weighted by Gasteiger charge is -2.12. The number of halogens is 1. The molecule has 1 N–H and O–H groups in total. The molecule has 0 aliphatic carbocycles. The Morgan fingerprint density at radius 3 is 2.80 bits per heavy atom. The van der Waals surface area contributed by atoms with Crippen LogP contribution in [0.2, 0.25) is 5.02 Å². The average Bonchev–Trinajstić information content (AvgIpc) is 3.19. The van der Waals surface area contributed by atoms with Crippen molar-refractivity contribution >= 4 is 35.0 Å². The van der Waals surface area contributed by atoms with Crippen molar-refractivity contribution in [3.63, 3.8) is 0 Å². The lowest BCUT2D eigenvalue weighted by Crippen LogP contribution is -2.22. The van der Waals surface area contributed by atoms with E-state index in [2.05, 4.69) is 15.5 Å². The molecular formula is C17H16ClN3O3S. The third-order valence-corrected chi connectivity index (χ3v) is 4.77. The molecule has 3 rings (SSSR count). The van der Waals surface area contributed by atoms with Crippen LogP contribution in [0.4, 0.5) is 5.69 Å². The van der Waals surface area contributed by atoms with E-state index in [9.17, 15) is 4.79 Å². The van der Waals surface area contributed by atoms with Gasteiger partial charge in [0.1, 0.15) is 5.76 Å². The fourth-order valence-corrected chi connectivity index (χ4v) is 3.00. The summed E-state index contributed by atoms with van der Waals surface area (Å²) in [6, 6.07) is 7.11. The van der Waals surface area contributed by atoms with Gasteiger partial charge in [0.05, 0.1) is 17.1 Å². The highest BCUT2D eigenvalue weighted by atomic mass is 35.5. The predicted molar refractivity (Wildman–Crippen MR) is 96.9 cm³/mol. The monoisotopic (exact) mass is 377 g/mol. The molecule has 8 heteroatoms. The molecule has 25 heavy (non-hydrogen) atoms. The maximum atomic E-state index is 12.4. The highest BCUT2D eigenvalue weighted by molar-refractivity contribution is 8.00. The first-order valence-corrected chi connectivity index (χ1v) is 8.81. The van der Waals surface area contributed by atoms with Crippen LogP contribution in [0.5, 0.6) is 0 Å². The Bertz CT molecular complexity index is 906. The SMILES string of the molecule is Cc1ccc(Cl)cc1NC(=O)[C@@H](C)Sc1nnc(-c2ccoc2C)o1. The molecule has 6 nitrogen and oxygen atoms in total. The Labute approximate surface area is 154 Å². The number of hydrogen-bond donors (Lipinski definition) is 1. The maximum Gasteiger partial charge on any atom is 0.277 e. The van der Waals surface area contributed by atoms with Crippen LogP contribution in [-0.2, 0) is 4.79 Å². The van der Waals surface area contributed by atoms with Gasteiger partial charge in [-0.2, -0.15) is 0 Å². The molecule has 0 saturated carbocycles. The van der Waals surface area contributed by atoms with Crippen LogP contribution in [0.15, 0.2) is 44.6 Å². The first kappa shape index (κ1) is 17.6. The summed E-state index contributed by atoms with van der Waals surface area (Å²) in [5, 5.41) is 11.3. The summed E-state index contributed by atoms with van der Waals surface area (Å²) in [7, 11) is 0. The topological polar surface area (TPSA) is 81.2 Å². The first-order valence-electron chi connectivity index (χ1n) is 7.55. The number of anilines is 1. The van der Waals surface area contributed by atoms with Crippen molar-refractivity contribution in [3.8, 4) is 11.5 Å². The number of rotatable bonds is 5. The maximum absolute atomic E-state index is 12.4. The minimum Gasteiger partial charge on any atom is -0.469 e. The molecule has 0 saturated heterocycles. The number of benzene rings is 1. The van der Waals surface area contributed by atoms with E-state index in [0.29, 0.717) is 27.6 Å². The Morgan fingerprint density at radius 2 is 2.08 bits per heavy atom. The molecule has 1 amide bonds. The first-order chi connectivity index (χ1) is 11.9. The van der Waals surface area contributed by atoms with E-state index in [1.807, 2.05) is 19.9 Å². The molecule has 0 aliphatic heterocycles. The summed E-state index contributed by atoms with van der Waals surface area (Å²) in [4.78, 5) is 12.4. The summed E-state index contributed by atoms with van der Waals surface area (Å²) in [5.41, 5.74) is 2.36. The van der Waals surface area contributed by atoms with E-state index in [1.165, 1.54) is 11.8 Å². The van der Waals surface area contributed by atoms with Gasteiger partial charge in [-0.15, -0.1) is 10.2 Å². The van der Waals surface area contributed by atoms with Gasteiger partial charge in [-0.3, -0.25) is 4.79 Å². The van der Waals surface area contributed by atoms with Crippen LogP contribution >= 0.6 is 23.4 Å². The smallest absolute Gasteiger partial charge is 0.277 e. The molecule has 2 aromatic heterocycles. The van der Waals surface area contributed by atoms with Crippen molar-refractivity contribution in [1.29, 1.82) is 0 Å². The number of nitrogens with one attached hydrogen (secondary N) is 1. The molecular weight excluding hydrogens is 362 g/mol. The largest absolute Gasteiger partial charge is 0.469 e. The summed E-state index contributed by atoms with van der Waals surface area (Å²) in [6.45, 7) is 5.49. The van der Waals surface area contributed by atoms with Crippen LogP contribution in [0.1, 0.15) is 18.2 Å². The highest BCUT2D eigenvalue weighted by Gasteiger charge is 2.20. The number of aryl methyl sites for hydroxylation is 2. The third kappa shape index (κ3) is 4.05. The summed E-state index contributed by atoms with van der Waals surface area (Å²) < 4.78 is 10.8. The lowest BCUT2D eigenvalue weighted by molar-refractivity contribution is -0.115. The van der Waals surface area contributed by atoms with Gasteiger partial charge in [0, 0.05) is 10.7 Å². The van der Waals surface area contributed by atoms with Crippen LogP contribution in [0.25, 0.3) is 11.5 Å². The Kier molecular flexibility index (Phi) is 5.15. The number of furan rings is 1. The number of aromatic nitrogens is 2. The standard InChI is InChI=1S/C17H16ClN3O3S/c1-9-4-5-12(18)8-14(9)19-15(22)11(3)25-17-21-20-16(24-17)13-6-7-23-10(13)2/h4-8,11H,1-3H3,(H,19,22)/t11-/m1/s1. The zero-order chi connectivity index (χ0) is 18.0. The second-order valence-electron chi connectivity index (χ2n) is 5.47. The number of amides is 1. The number of hydrogen-bond acceptors (Lipinski definition) is 6. The quantitative estimate of drug-likeness (QED) is 0.648. The molecule has 0 aliphatic rings. The predicted octanol–water partition coefficient (Wildman–Crippen LogP) is 4.72. The van der Waals surface area contributed by atoms with Crippen molar-refractivity contribution < 1.29 is 13.6 Å². The van der Waals surface area contributed by atoms with Crippen molar-refractivity contribution in [2.24, 2.45) is 0 Å². The van der Waals surface area contributed by atoms with E-state index in [4.69, 9.17) is 20.4 Å². The van der Waals surface area contributed by atoms with Crippen LogP contribution < -0.4 is 5.32 Å². The molecule has 1 aromatic carbocycles. The second-order valence-corrected chi connectivity index (χ2v) is 7.20. The minimum absolute atomic E-state index is 0.172. The van der Waals surface area contributed by atoms with E-state index in [-0.39, 0.29) is 5.91 Å². The molecule has 0 bridgehead atoms. The van der Waals surface area contributed by atoms with Gasteiger partial charge < -0.3 is 14.2 Å². The molecule has 0 spiro atoms. The van der Waals surface area contributed by atoms with Gasteiger partial charge in [-0.05, 0) is 44.5 Å². The van der Waals surface area contributed by atoms with Crippen molar-refractivity contribution in [2.75, 3.05) is 5.32 Å². The molecule has 0 radical (unpaired) electrons. The third-order valence-electron chi connectivity index (χ3n) is 3.60. The molecule has 2 heterocycles. The molecule has 130 valence electrons. The number of thioether (sulfide) groups is 1. The second kappa shape index (κ2) is 7.33. The fraction of sp³-hybridized carbons (Fsp3) is 0.235. The van der Waals surface area contributed by atoms with Crippen molar-refractivity contribution in [3.05, 3.63) is 46.9 Å². The average molecular weight is 378 g/mol. The number of carbonyl (C=O) groups excluding carboxylic acids is 1. The normalized spacial score (nSPS) is 12.2. The van der Waals surface area contributed by atoms with Gasteiger partial charge >= 0.3 is 0 Å². The van der Waals surface area contributed by atoms with Gasteiger partial charge in [-0.1, -0.05) is 29.4 Å². The molecule has 1 atom stereocenters. The van der Waals surface area contributed by atoms with Gasteiger partial charge in [0.15, 0.2) is 0 Å². The van der Waals surface area contributed by atoms with Gasteiger partial charge in [0.25, 0.3) is 11.1 Å². The Balaban J connectivity index is 1.67. The van der Waals surface area contributed by atoms with Crippen LogP contribution in [0.3, 0.4) is 0 Å². The zero-order valence-electron chi connectivity index (χ0n) is 13.9. The summed E-state index contributed by atoms with van der Waals surface area (Å²) >= 11 is 7.17. The summed E-state index contributed by atoms with van der Waals surface area (Å²) in [6.07, 6.45) is 1.56. The van der Waals surface area contributed by atoms with E-state index >= 15 is 0 Å². The Hall–Kier alpha value is -2.25. The highest BCUT2D eigenvalue weighted by Crippen LogP contribution is 2.29. The molecule has 0 unspecified atom stereocenters. The van der Waals surface area contributed by atoms with Crippen molar-refractivity contribution in [2.45, 2.75) is 31.2 Å². The molecule has 0 fully saturated rings. The van der Waals surface area contributed by atoms with E-state index in [1.54, 1.807) is 31.4 Å². The zero-order valence-corrected chi connectivity index (χ0v) is 15.4. The van der Waals surface area contributed by atoms with Gasteiger partial charge in [-0.25, -0.2) is 0 Å². The van der Waals surface area contributed by atoms with Crippen molar-refractivity contribution in [1.82, 2.24) is 10.2 Å². The fourth-order valence-electron chi connectivity index (χ4n) is 2.14. The number of nitrogens with zero attached hydrogens (tertiary/aromatic N) is 2. The Morgan fingerprint density at radius 1 is 1.28 bits per heavy atom. The van der Waals surface area contributed by atoms with E-state index < -0.39 is 5.25 Å². The minimum atomic E-state index is -0.419. The van der Waals surface area contributed by atoms with Crippen LogP contribution in [0, 0.1) is 13.8 Å².